The van der Waals surface area contributed by atoms with Crippen molar-refractivity contribution in [2.75, 3.05) is 44.7 Å². The second kappa shape index (κ2) is 7.71. The highest BCUT2D eigenvalue weighted by Gasteiger charge is 2.12. The van der Waals surface area contributed by atoms with Gasteiger partial charge in [0.25, 0.3) is 5.69 Å². The molecule has 1 aromatic carbocycles. The van der Waals surface area contributed by atoms with Crippen molar-refractivity contribution in [1.82, 2.24) is 10.2 Å². The van der Waals surface area contributed by atoms with Crippen LogP contribution in [0.5, 0.6) is 0 Å². The van der Waals surface area contributed by atoms with Crippen LogP contribution < -0.4 is 10.6 Å². The number of benzene rings is 1. The molecule has 1 fully saturated rings. The fraction of sp³-hybridized carbons (Fsp3) is 0.500. The molecule has 2 rings (SSSR count). The smallest absolute Gasteiger partial charge is 0.319 e. The number of hydrogen-bond acceptors (Lipinski definition) is 5. The molecule has 0 bridgehead atoms. The lowest BCUT2D eigenvalue weighted by Crippen LogP contribution is -2.42. The maximum Gasteiger partial charge on any atom is 0.319 e. The maximum absolute atomic E-state index is 11.9. The molecule has 1 aliphatic rings. The van der Waals surface area contributed by atoms with Crippen LogP contribution in [0.4, 0.5) is 16.2 Å². The first-order chi connectivity index (χ1) is 10.6. The van der Waals surface area contributed by atoms with Gasteiger partial charge in [-0.2, -0.15) is 0 Å². The van der Waals surface area contributed by atoms with E-state index in [1.165, 1.54) is 12.1 Å². The predicted octanol–water partition coefficient (Wildman–Crippen LogP) is 1.36. The number of carbonyl (C=O) groups excluding carboxylic acids is 1. The Hall–Kier alpha value is -2.19. The number of nitro benzene ring substituents is 1. The summed E-state index contributed by atoms with van der Waals surface area (Å²) in [6.07, 6.45) is 0. The molecular weight excluding hydrogens is 288 g/mol. The SMILES string of the molecule is Cc1ccc([N+](=O)[O-])cc1NC(=O)NCCN1CCOCC1. The molecule has 1 aliphatic heterocycles. The average Bonchev–Trinajstić information content (AvgIpc) is 2.50. The number of morpholine rings is 1. The van der Waals surface area contributed by atoms with Crippen molar-refractivity contribution < 1.29 is 14.5 Å². The molecule has 0 unspecified atom stereocenters. The van der Waals surface area contributed by atoms with Crippen LogP contribution in [0.1, 0.15) is 5.56 Å². The van der Waals surface area contributed by atoms with Gasteiger partial charge in [-0.3, -0.25) is 15.0 Å². The molecule has 8 nitrogen and oxygen atoms in total. The van der Waals surface area contributed by atoms with Gasteiger partial charge in [0.05, 0.1) is 23.8 Å². The van der Waals surface area contributed by atoms with Crippen molar-refractivity contribution in [3.05, 3.63) is 33.9 Å². The van der Waals surface area contributed by atoms with Gasteiger partial charge in [0.2, 0.25) is 0 Å². The summed E-state index contributed by atoms with van der Waals surface area (Å²) >= 11 is 0. The molecule has 0 radical (unpaired) electrons. The first-order valence-electron chi connectivity index (χ1n) is 7.16. The zero-order chi connectivity index (χ0) is 15.9. The van der Waals surface area contributed by atoms with Crippen molar-refractivity contribution in [3.63, 3.8) is 0 Å². The summed E-state index contributed by atoms with van der Waals surface area (Å²) in [5, 5.41) is 16.2. The molecule has 0 saturated carbocycles. The number of aryl methyl sites for hydroxylation is 1. The number of nitrogens with zero attached hydrogens (tertiary/aromatic N) is 2. The van der Waals surface area contributed by atoms with Gasteiger partial charge in [-0.25, -0.2) is 4.79 Å². The van der Waals surface area contributed by atoms with E-state index in [0.29, 0.717) is 12.2 Å². The Balaban J connectivity index is 1.81. The number of non-ortho nitro benzene ring substituents is 1. The van der Waals surface area contributed by atoms with E-state index in [1.807, 2.05) is 0 Å². The number of nitro groups is 1. The Morgan fingerprint density at radius 2 is 2.14 bits per heavy atom. The van der Waals surface area contributed by atoms with Gasteiger partial charge in [0, 0.05) is 38.3 Å². The summed E-state index contributed by atoms with van der Waals surface area (Å²) in [5.41, 5.74) is 1.17. The third kappa shape index (κ3) is 4.68. The van der Waals surface area contributed by atoms with Crippen LogP contribution in [0, 0.1) is 17.0 Å². The molecule has 2 amide bonds. The minimum Gasteiger partial charge on any atom is -0.379 e. The van der Waals surface area contributed by atoms with Crippen LogP contribution in [0.3, 0.4) is 0 Å². The summed E-state index contributed by atoms with van der Waals surface area (Å²) < 4.78 is 5.25. The van der Waals surface area contributed by atoms with Crippen molar-refractivity contribution in [2.24, 2.45) is 0 Å². The molecule has 0 aromatic heterocycles. The quantitative estimate of drug-likeness (QED) is 0.632. The van der Waals surface area contributed by atoms with Gasteiger partial charge in [-0.1, -0.05) is 6.07 Å². The van der Waals surface area contributed by atoms with Gasteiger partial charge in [0.15, 0.2) is 0 Å². The molecule has 8 heteroatoms. The normalized spacial score (nSPS) is 15.3. The summed E-state index contributed by atoms with van der Waals surface area (Å²) in [7, 11) is 0. The van der Waals surface area contributed by atoms with Crippen LogP contribution in [-0.4, -0.2) is 55.2 Å². The Bertz CT molecular complexity index is 544. The molecule has 0 aliphatic carbocycles. The lowest BCUT2D eigenvalue weighted by Gasteiger charge is -2.26. The number of anilines is 1. The van der Waals surface area contributed by atoms with E-state index < -0.39 is 4.92 Å². The molecule has 22 heavy (non-hydrogen) atoms. The monoisotopic (exact) mass is 308 g/mol. The van der Waals surface area contributed by atoms with Gasteiger partial charge in [-0.15, -0.1) is 0 Å². The number of hydrogen-bond donors (Lipinski definition) is 2. The highest BCUT2D eigenvalue weighted by atomic mass is 16.6. The second-order valence-corrected chi connectivity index (χ2v) is 5.09. The van der Waals surface area contributed by atoms with Gasteiger partial charge < -0.3 is 15.4 Å². The lowest BCUT2D eigenvalue weighted by molar-refractivity contribution is -0.384. The van der Waals surface area contributed by atoms with E-state index in [9.17, 15) is 14.9 Å². The molecule has 0 spiro atoms. The van der Waals surface area contributed by atoms with E-state index in [4.69, 9.17) is 4.74 Å². The lowest BCUT2D eigenvalue weighted by atomic mass is 10.2. The highest BCUT2D eigenvalue weighted by Crippen LogP contribution is 2.21. The summed E-state index contributed by atoms with van der Waals surface area (Å²) in [6.45, 7) is 6.23. The second-order valence-electron chi connectivity index (χ2n) is 5.09. The van der Waals surface area contributed by atoms with Crippen molar-refractivity contribution >= 4 is 17.4 Å². The van der Waals surface area contributed by atoms with Crippen molar-refractivity contribution in [1.29, 1.82) is 0 Å². The minimum absolute atomic E-state index is 0.0470. The summed E-state index contributed by atoms with van der Waals surface area (Å²) in [6, 6.07) is 4.02. The first kappa shape index (κ1) is 16.2. The largest absolute Gasteiger partial charge is 0.379 e. The number of nitrogens with one attached hydrogen (secondary N) is 2. The van der Waals surface area contributed by atoms with Gasteiger partial charge >= 0.3 is 6.03 Å². The van der Waals surface area contributed by atoms with Crippen LogP contribution in [-0.2, 0) is 4.74 Å². The van der Waals surface area contributed by atoms with E-state index in [1.54, 1.807) is 13.0 Å². The minimum atomic E-state index is -0.485. The fourth-order valence-electron chi connectivity index (χ4n) is 2.18. The number of carbonyl (C=O) groups is 1. The summed E-state index contributed by atoms with van der Waals surface area (Å²) in [4.78, 5) is 24.3. The Morgan fingerprint density at radius 3 is 2.82 bits per heavy atom. The fourth-order valence-corrected chi connectivity index (χ4v) is 2.18. The molecule has 0 atom stereocenters. The van der Waals surface area contributed by atoms with Gasteiger partial charge in [0.1, 0.15) is 0 Å². The maximum atomic E-state index is 11.9. The molecule has 1 heterocycles. The van der Waals surface area contributed by atoms with Crippen LogP contribution in [0.25, 0.3) is 0 Å². The first-order valence-corrected chi connectivity index (χ1v) is 7.16. The third-order valence-electron chi connectivity index (χ3n) is 3.50. The van der Waals surface area contributed by atoms with Crippen LogP contribution in [0.15, 0.2) is 18.2 Å². The van der Waals surface area contributed by atoms with E-state index in [2.05, 4.69) is 15.5 Å². The van der Waals surface area contributed by atoms with E-state index >= 15 is 0 Å². The highest BCUT2D eigenvalue weighted by molar-refractivity contribution is 5.90. The molecule has 1 saturated heterocycles. The van der Waals surface area contributed by atoms with Crippen LogP contribution >= 0.6 is 0 Å². The number of rotatable bonds is 5. The number of amides is 2. The third-order valence-corrected chi connectivity index (χ3v) is 3.50. The average molecular weight is 308 g/mol. The van der Waals surface area contributed by atoms with Crippen molar-refractivity contribution in [3.8, 4) is 0 Å². The zero-order valence-corrected chi connectivity index (χ0v) is 12.5. The molecule has 1 aromatic rings. The molecule has 2 N–H and O–H groups in total. The van der Waals surface area contributed by atoms with E-state index in [0.717, 1.165) is 38.4 Å². The Labute approximate surface area is 128 Å². The van der Waals surface area contributed by atoms with Crippen LogP contribution in [0.2, 0.25) is 0 Å². The Morgan fingerprint density at radius 1 is 1.41 bits per heavy atom. The topological polar surface area (TPSA) is 96.7 Å². The van der Waals surface area contributed by atoms with Gasteiger partial charge in [-0.05, 0) is 12.5 Å². The van der Waals surface area contributed by atoms with E-state index in [-0.39, 0.29) is 11.7 Å². The zero-order valence-electron chi connectivity index (χ0n) is 12.5. The predicted molar refractivity (Wildman–Crippen MR) is 82.1 cm³/mol. The summed E-state index contributed by atoms with van der Waals surface area (Å²) in [5.74, 6) is 0. The number of urea groups is 1. The molecular formula is C14H20N4O4. The van der Waals surface area contributed by atoms with Crippen molar-refractivity contribution in [2.45, 2.75) is 6.92 Å². The Kier molecular flexibility index (Phi) is 5.68. The molecule has 120 valence electrons. The number of ether oxygens (including phenoxy) is 1. The standard InChI is InChI=1S/C14H20N4O4/c1-11-2-3-12(18(20)21)10-13(11)16-14(19)15-4-5-17-6-8-22-9-7-17/h2-3,10H,4-9H2,1H3,(H2,15,16,19).